The second-order valence-corrected chi connectivity index (χ2v) is 3.87. The van der Waals surface area contributed by atoms with Crippen LogP contribution in [-0.4, -0.2) is 19.8 Å². The summed E-state index contributed by atoms with van der Waals surface area (Å²) in [5.41, 5.74) is 3.25. The zero-order chi connectivity index (χ0) is 10.5. The number of fused-ring (bicyclic) bond motifs is 4. The van der Waals surface area contributed by atoms with Crippen LogP contribution in [0.5, 0.6) is 0 Å². The Bertz CT molecular complexity index is 809. The van der Waals surface area contributed by atoms with Crippen LogP contribution < -0.4 is 0 Å². The number of benzene rings is 1. The highest BCUT2D eigenvalue weighted by atomic mass is 15.4. The van der Waals surface area contributed by atoms with Crippen molar-refractivity contribution in [2.24, 2.45) is 0 Å². The molecule has 1 N–H and O–H groups in total. The lowest BCUT2D eigenvalue weighted by molar-refractivity contribution is 0.859. The van der Waals surface area contributed by atoms with Crippen molar-refractivity contribution in [2.45, 2.75) is 0 Å². The molecule has 0 aliphatic rings. The van der Waals surface area contributed by atoms with Gasteiger partial charge >= 0.3 is 0 Å². The van der Waals surface area contributed by atoms with Gasteiger partial charge in [-0.3, -0.25) is 0 Å². The average molecular weight is 208 g/mol. The molecule has 0 aliphatic carbocycles. The molecule has 4 nitrogen and oxygen atoms in total. The van der Waals surface area contributed by atoms with Crippen LogP contribution in [0.3, 0.4) is 0 Å². The molecule has 0 bridgehead atoms. The van der Waals surface area contributed by atoms with Crippen molar-refractivity contribution in [1.29, 1.82) is 0 Å². The van der Waals surface area contributed by atoms with E-state index in [1.165, 1.54) is 10.8 Å². The number of hydrogen-bond acceptors (Lipinski definition) is 2. The maximum Gasteiger partial charge on any atom is 0.0872 e. The maximum absolute atomic E-state index is 3.99. The molecular formula is C12H8N4. The first-order valence-corrected chi connectivity index (χ1v) is 5.12. The first-order valence-electron chi connectivity index (χ1n) is 5.12. The van der Waals surface area contributed by atoms with E-state index in [2.05, 4.69) is 39.6 Å². The number of rotatable bonds is 0. The minimum Gasteiger partial charge on any atom is -0.353 e. The lowest BCUT2D eigenvalue weighted by Gasteiger charge is -1.92. The summed E-state index contributed by atoms with van der Waals surface area (Å²) in [6, 6.07) is 10.4. The van der Waals surface area contributed by atoms with Crippen LogP contribution in [0.1, 0.15) is 0 Å². The molecule has 0 amide bonds. The molecule has 0 saturated heterocycles. The Morgan fingerprint density at radius 3 is 3.00 bits per heavy atom. The van der Waals surface area contributed by atoms with E-state index in [4.69, 9.17) is 0 Å². The Morgan fingerprint density at radius 1 is 1.06 bits per heavy atom. The van der Waals surface area contributed by atoms with Gasteiger partial charge in [0, 0.05) is 16.3 Å². The van der Waals surface area contributed by atoms with Gasteiger partial charge in [0.15, 0.2) is 0 Å². The fourth-order valence-corrected chi connectivity index (χ4v) is 2.17. The monoisotopic (exact) mass is 208 g/mol. The van der Waals surface area contributed by atoms with Crippen LogP contribution in [0.25, 0.3) is 27.3 Å². The molecule has 3 aromatic heterocycles. The van der Waals surface area contributed by atoms with E-state index >= 15 is 0 Å². The van der Waals surface area contributed by atoms with Gasteiger partial charge in [-0.05, 0) is 12.1 Å². The number of nitrogens with one attached hydrogen (secondary N) is 1. The third kappa shape index (κ3) is 0.883. The fourth-order valence-electron chi connectivity index (χ4n) is 2.17. The Balaban J connectivity index is 2.32. The zero-order valence-corrected chi connectivity index (χ0v) is 8.38. The first-order chi connectivity index (χ1) is 7.92. The normalized spacial score (nSPS) is 11.8. The molecule has 0 fully saturated rings. The minimum atomic E-state index is 1.01. The quantitative estimate of drug-likeness (QED) is 0.482. The Morgan fingerprint density at radius 2 is 2.00 bits per heavy atom. The first kappa shape index (κ1) is 7.87. The van der Waals surface area contributed by atoms with Gasteiger partial charge in [0.1, 0.15) is 0 Å². The maximum atomic E-state index is 3.99. The van der Waals surface area contributed by atoms with Gasteiger partial charge in [-0.1, -0.05) is 23.4 Å². The summed E-state index contributed by atoms with van der Waals surface area (Å²) in [5, 5.41) is 10.3. The van der Waals surface area contributed by atoms with Crippen molar-refractivity contribution in [3.8, 4) is 0 Å². The SMILES string of the molecule is c1ccc2c(c1)[nH]c1cn3nncc3cc12. The molecule has 0 radical (unpaired) electrons. The number of aromatic amines is 1. The summed E-state index contributed by atoms with van der Waals surface area (Å²) in [5.74, 6) is 0. The van der Waals surface area contributed by atoms with Crippen LogP contribution in [0, 0.1) is 0 Å². The molecule has 3 heterocycles. The Kier molecular flexibility index (Phi) is 1.28. The predicted octanol–water partition coefficient (Wildman–Crippen LogP) is 2.36. The topological polar surface area (TPSA) is 46.0 Å². The van der Waals surface area contributed by atoms with Crippen molar-refractivity contribution in [3.05, 3.63) is 42.7 Å². The van der Waals surface area contributed by atoms with E-state index < -0.39 is 0 Å². The largest absolute Gasteiger partial charge is 0.353 e. The second-order valence-electron chi connectivity index (χ2n) is 3.87. The summed E-state index contributed by atoms with van der Waals surface area (Å²) in [4.78, 5) is 3.37. The summed E-state index contributed by atoms with van der Waals surface area (Å²) in [7, 11) is 0. The highest BCUT2D eigenvalue weighted by Gasteiger charge is 2.05. The van der Waals surface area contributed by atoms with Gasteiger partial charge in [-0.15, -0.1) is 5.10 Å². The van der Waals surface area contributed by atoms with Crippen LogP contribution in [-0.2, 0) is 0 Å². The standard InChI is InChI=1S/C12H8N4/c1-2-4-11-9(3-1)10-5-8-6-13-15-16(8)7-12(10)14-11/h1-7,14H. The van der Waals surface area contributed by atoms with Gasteiger partial charge < -0.3 is 4.98 Å². The smallest absolute Gasteiger partial charge is 0.0872 e. The van der Waals surface area contributed by atoms with Crippen molar-refractivity contribution < 1.29 is 0 Å². The van der Waals surface area contributed by atoms with E-state index in [1.807, 2.05) is 12.3 Å². The number of H-pyrrole nitrogens is 1. The predicted molar refractivity (Wildman–Crippen MR) is 62.3 cm³/mol. The molecule has 76 valence electrons. The van der Waals surface area contributed by atoms with Crippen LogP contribution in [0.2, 0.25) is 0 Å². The highest BCUT2D eigenvalue weighted by molar-refractivity contribution is 6.08. The van der Waals surface area contributed by atoms with Crippen molar-refractivity contribution >= 4 is 27.3 Å². The molecule has 4 heteroatoms. The second kappa shape index (κ2) is 2.61. The molecule has 16 heavy (non-hydrogen) atoms. The zero-order valence-electron chi connectivity index (χ0n) is 8.38. The van der Waals surface area contributed by atoms with Gasteiger partial charge in [0.2, 0.25) is 0 Å². The lowest BCUT2D eigenvalue weighted by atomic mass is 10.2. The molecule has 0 unspecified atom stereocenters. The number of nitrogens with zero attached hydrogens (tertiary/aromatic N) is 3. The Labute approximate surface area is 90.5 Å². The van der Waals surface area contributed by atoms with Crippen molar-refractivity contribution in [1.82, 2.24) is 19.8 Å². The number of hydrogen-bond donors (Lipinski definition) is 1. The molecule has 0 saturated carbocycles. The van der Waals surface area contributed by atoms with E-state index in [0.717, 1.165) is 16.6 Å². The lowest BCUT2D eigenvalue weighted by Crippen LogP contribution is -1.85. The van der Waals surface area contributed by atoms with Gasteiger partial charge in [-0.25, -0.2) is 4.52 Å². The molecule has 0 spiro atoms. The van der Waals surface area contributed by atoms with Gasteiger partial charge in [-0.2, -0.15) is 0 Å². The van der Waals surface area contributed by atoms with Crippen LogP contribution in [0.4, 0.5) is 0 Å². The highest BCUT2D eigenvalue weighted by Crippen LogP contribution is 2.25. The molecule has 0 aliphatic heterocycles. The molecule has 0 atom stereocenters. The summed E-state index contributed by atoms with van der Waals surface area (Å²) in [6.07, 6.45) is 3.74. The van der Waals surface area contributed by atoms with E-state index in [-0.39, 0.29) is 0 Å². The van der Waals surface area contributed by atoms with Crippen LogP contribution >= 0.6 is 0 Å². The van der Waals surface area contributed by atoms with E-state index in [0.29, 0.717) is 0 Å². The Hall–Kier alpha value is -2.36. The van der Waals surface area contributed by atoms with Crippen LogP contribution in [0.15, 0.2) is 42.7 Å². The summed E-state index contributed by atoms with van der Waals surface area (Å²) < 4.78 is 1.78. The molecule has 4 aromatic rings. The van der Waals surface area contributed by atoms with Gasteiger partial charge in [0.25, 0.3) is 0 Å². The van der Waals surface area contributed by atoms with E-state index in [1.54, 1.807) is 10.7 Å². The molecular weight excluding hydrogens is 200 g/mol. The molecule has 1 aromatic carbocycles. The number of aromatic nitrogens is 4. The van der Waals surface area contributed by atoms with E-state index in [9.17, 15) is 0 Å². The minimum absolute atomic E-state index is 1.01. The van der Waals surface area contributed by atoms with Gasteiger partial charge in [0.05, 0.1) is 23.4 Å². The summed E-state index contributed by atoms with van der Waals surface area (Å²) >= 11 is 0. The third-order valence-corrected chi connectivity index (χ3v) is 2.92. The third-order valence-electron chi connectivity index (χ3n) is 2.92. The number of pyridine rings is 1. The van der Waals surface area contributed by atoms with Crippen molar-refractivity contribution in [2.75, 3.05) is 0 Å². The average Bonchev–Trinajstić information content (AvgIpc) is 2.88. The fraction of sp³-hybridized carbons (Fsp3) is 0. The van der Waals surface area contributed by atoms with Crippen molar-refractivity contribution in [3.63, 3.8) is 0 Å². The molecule has 4 rings (SSSR count). The summed E-state index contributed by atoms with van der Waals surface area (Å²) in [6.45, 7) is 0. The number of para-hydroxylation sites is 1.